The maximum atomic E-state index is 12.2. The summed E-state index contributed by atoms with van der Waals surface area (Å²) in [5, 5.41) is 4.60. The minimum absolute atomic E-state index is 0.457. The van der Waals surface area contributed by atoms with Crippen LogP contribution in [0.3, 0.4) is 0 Å². The van der Waals surface area contributed by atoms with Gasteiger partial charge in [-0.1, -0.05) is 18.2 Å². The lowest BCUT2D eigenvalue weighted by Gasteiger charge is -2.19. The third kappa shape index (κ3) is 3.47. The van der Waals surface area contributed by atoms with Gasteiger partial charge in [0.1, 0.15) is 5.60 Å². The smallest absolute Gasteiger partial charge is 0.419 e. The topological polar surface area (TPSA) is 72.7 Å². The summed E-state index contributed by atoms with van der Waals surface area (Å²) < 4.78 is 6.81. The third-order valence-electron chi connectivity index (χ3n) is 2.66. The van der Waals surface area contributed by atoms with E-state index in [0.29, 0.717) is 12.0 Å². The summed E-state index contributed by atoms with van der Waals surface area (Å²) >= 11 is 0. The fourth-order valence-electron chi connectivity index (χ4n) is 1.91. The Labute approximate surface area is 122 Å². The summed E-state index contributed by atoms with van der Waals surface area (Å²) in [7, 11) is 0. The van der Waals surface area contributed by atoms with E-state index in [9.17, 15) is 9.59 Å². The number of amides is 1. The summed E-state index contributed by atoms with van der Waals surface area (Å²) in [6.45, 7) is 5.44. The zero-order valence-electron chi connectivity index (χ0n) is 12.2. The predicted octanol–water partition coefficient (Wildman–Crippen LogP) is 2.50. The number of aromatic nitrogens is 1. The van der Waals surface area contributed by atoms with Gasteiger partial charge < -0.3 is 4.74 Å². The number of para-hydroxylation sites is 1. The second kappa shape index (κ2) is 5.78. The molecule has 0 saturated carbocycles. The van der Waals surface area contributed by atoms with E-state index < -0.39 is 11.7 Å². The Kier molecular flexibility index (Phi) is 4.07. The largest absolute Gasteiger partial charge is 0.443 e. The molecule has 1 aromatic heterocycles. The van der Waals surface area contributed by atoms with Crippen molar-refractivity contribution in [2.75, 3.05) is 0 Å². The number of benzene rings is 1. The summed E-state index contributed by atoms with van der Waals surface area (Å²) in [4.78, 5) is 22.5. The molecule has 6 nitrogen and oxygen atoms in total. The predicted molar refractivity (Wildman–Crippen MR) is 80.4 cm³/mol. The van der Waals surface area contributed by atoms with Crippen molar-refractivity contribution in [3.63, 3.8) is 0 Å². The highest BCUT2D eigenvalue weighted by Crippen LogP contribution is 2.21. The molecule has 0 saturated heterocycles. The highest BCUT2D eigenvalue weighted by molar-refractivity contribution is 6.02. The SMILES string of the molecule is CC(C)(C)OC(=O)n1cc(/C=N\NC=O)c2ccccc21. The number of nitrogens with zero attached hydrogens (tertiary/aromatic N) is 2. The first-order chi connectivity index (χ1) is 9.92. The standard InChI is InChI=1S/C15H17N3O3/c1-15(2,3)21-14(20)18-9-11(8-16-17-10-19)12-6-4-5-7-13(12)18/h4-10H,1-3H3,(H,17,19)/b16-8-. The molecule has 21 heavy (non-hydrogen) atoms. The highest BCUT2D eigenvalue weighted by Gasteiger charge is 2.20. The first-order valence-corrected chi connectivity index (χ1v) is 6.48. The molecule has 1 heterocycles. The molecule has 6 heteroatoms. The lowest BCUT2D eigenvalue weighted by atomic mass is 10.2. The highest BCUT2D eigenvalue weighted by atomic mass is 16.6. The van der Waals surface area contributed by atoms with Crippen LogP contribution in [0.5, 0.6) is 0 Å². The molecule has 0 spiro atoms. The van der Waals surface area contributed by atoms with Gasteiger partial charge in [0.05, 0.1) is 11.7 Å². The van der Waals surface area contributed by atoms with E-state index in [4.69, 9.17) is 4.74 Å². The summed E-state index contributed by atoms with van der Waals surface area (Å²) in [6, 6.07) is 7.41. The normalized spacial score (nSPS) is 11.8. The van der Waals surface area contributed by atoms with Crippen LogP contribution in [0.4, 0.5) is 4.79 Å². The number of ether oxygens (including phenoxy) is 1. The fraction of sp³-hybridized carbons (Fsp3) is 0.267. The van der Waals surface area contributed by atoms with Crippen molar-refractivity contribution in [3.05, 3.63) is 36.0 Å². The van der Waals surface area contributed by atoms with Gasteiger partial charge in [-0.2, -0.15) is 5.10 Å². The number of rotatable bonds is 3. The van der Waals surface area contributed by atoms with Crippen molar-refractivity contribution in [1.29, 1.82) is 0 Å². The van der Waals surface area contributed by atoms with Crippen LogP contribution in [0.15, 0.2) is 35.6 Å². The van der Waals surface area contributed by atoms with E-state index in [1.807, 2.05) is 45.0 Å². The molecule has 1 aromatic carbocycles. The number of hydrogen-bond acceptors (Lipinski definition) is 4. The fourth-order valence-corrected chi connectivity index (χ4v) is 1.91. The van der Waals surface area contributed by atoms with Gasteiger partial charge in [0.25, 0.3) is 0 Å². The van der Waals surface area contributed by atoms with E-state index in [-0.39, 0.29) is 0 Å². The minimum Gasteiger partial charge on any atom is -0.443 e. The van der Waals surface area contributed by atoms with Crippen molar-refractivity contribution in [2.24, 2.45) is 5.10 Å². The van der Waals surface area contributed by atoms with Crippen molar-refractivity contribution in [2.45, 2.75) is 26.4 Å². The summed E-state index contributed by atoms with van der Waals surface area (Å²) in [6.07, 6.45) is 3.14. The van der Waals surface area contributed by atoms with Crippen LogP contribution in [0.25, 0.3) is 10.9 Å². The second-order valence-corrected chi connectivity index (χ2v) is 5.46. The summed E-state index contributed by atoms with van der Waals surface area (Å²) in [5.41, 5.74) is 3.06. The molecule has 0 unspecified atom stereocenters. The Bertz CT molecular complexity index is 696. The first kappa shape index (κ1) is 14.8. The summed E-state index contributed by atoms with van der Waals surface area (Å²) in [5.74, 6) is 0. The molecule has 0 aliphatic carbocycles. The molecular formula is C15H17N3O3. The van der Waals surface area contributed by atoms with Crippen LogP contribution in [0.2, 0.25) is 0 Å². The number of hydrogen-bond donors (Lipinski definition) is 1. The molecule has 0 atom stereocenters. The number of fused-ring (bicyclic) bond motifs is 1. The Hall–Kier alpha value is -2.63. The Morgan fingerprint density at radius 2 is 2.05 bits per heavy atom. The average molecular weight is 287 g/mol. The van der Waals surface area contributed by atoms with Gasteiger partial charge in [0, 0.05) is 17.1 Å². The monoisotopic (exact) mass is 287 g/mol. The number of nitrogens with one attached hydrogen (secondary N) is 1. The van der Waals surface area contributed by atoms with E-state index in [0.717, 1.165) is 10.9 Å². The van der Waals surface area contributed by atoms with Gasteiger partial charge in [0.2, 0.25) is 6.41 Å². The van der Waals surface area contributed by atoms with Crippen LogP contribution in [0, 0.1) is 0 Å². The Morgan fingerprint density at radius 1 is 1.33 bits per heavy atom. The molecule has 0 bridgehead atoms. The van der Waals surface area contributed by atoms with Gasteiger partial charge >= 0.3 is 6.09 Å². The lowest BCUT2D eigenvalue weighted by Crippen LogP contribution is -2.26. The van der Waals surface area contributed by atoms with Crippen LogP contribution in [0.1, 0.15) is 26.3 Å². The zero-order chi connectivity index (χ0) is 15.5. The van der Waals surface area contributed by atoms with E-state index in [1.165, 1.54) is 10.8 Å². The van der Waals surface area contributed by atoms with Gasteiger partial charge in [-0.3, -0.25) is 9.36 Å². The number of hydrazone groups is 1. The molecule has 1 N–H and O–H groups in total. The molecule has 2 rings (SSSR count). The molecule has 0 aliphatic rings. The van der Waals surface area contributed by atoms with E-state index in [1.54, 1.807) is 6.20 Å². The zero-order valence-corrected chi connectivity index (χ0v) is 12.2. The molecule has 0 radical (unpaired) electrons. The third-order valence-corrected chi connectivity index (χ3v) is 2.66. The lowest BCUT2D eigenvalue weighted by molar-refractivity contribution is -0.109. The number of carbonyl (C=O) groups is 2. The van der Waals surface area contributed by atoms with Gasteiger partial charge in [0.15, 0.2) is 0 Å². The average Bonchev–Trinajstić information content (AvgIpc) is 2.77. The van der Waals surface area contributed by atoms with Gasteiger partial charge in [-0.25, -0.2) is 10.2 Å². The quantitative estimate of drug-likeness (QED) is 0.535. The van der Waals surface area contributed by atoms with E-state index >= 15 is 0 Å². The number of carbonyl (C=O) groups excluding carboxylic acids is 2. The van der Waals surface area contributed by atoms with Crippen molar-refractivity contribution in [3.8, 4) is 0 Å². The molecule has 110 valence electrons. The maximum absolute atomic E-state index is 12.2. The molecule has 1 amide bonds. The van der Waals surface area contributed by atoms with Crippen LogP contribution < -0.4 is 5.43 Å². The Balaban J connectivity index is 2.45. The van der Waals surface area contributed by atoms with Crippen LogP contribution in [-0.2, 0) is 9.53 Å². The molecule has 2 aromatic rings. The first-order valence-electron chi connectivity index (χ1n) is 6.48. The minimum atomic E-state index is -0.574. The molecule has 0 aliphatic heterocycles. The van der Waals surface area contributed by atoms with Crippen molar-refractivity contribution >= 4 is 29.6 Å². The second-order valence-electron chi connectivity index (χ2n) is 5.46. The molecular weight excluding hydrogens is 270 g/mol. The van der Waals surface area contributed by atoms with Gasteiger partial charge in [-0.05, 0) is 26.8 Å². The van der Waals surface area contributed by atoms with Gasteiger partial charge in [-0.15, -0.1) is 0 Å². The van der Waals surface area contributed by atoms with Crippen molar-refractivity contribution in [1.82, 2.24) is 9.99 Å². The van der Waals surface area contributed by atoms with Crippen LogP contribution >= 0.6 is 0 Å². The molecule has 0 fully saturated rings. The van der Waals surface area contributed by atoms with E-state index in [2.05, 4.69) is 10.5 Å². The van der Waals surface area contributed by atoms with Crippen LogP contribution in [-0.4, -0.2) is 28.9 Å². The maximum Gasteiger partial charge on any atom is 0.419 e. The van der Waals surface area contributed by atoms with Crippen molar-refractivity contribution < 1.29 is 14.3 Å². The Morgan fingerprint density at radius 3 is 2.71 bits per heavy atom.